The minimum atomic E-state index is -0.187. The van der Waals surface area contributed by atoms with Gasteiger partial charge in [-0.2, -0.15) is 5.10 Å². The summed E-state index contributed by atoms with van der Waals surface area (Å²) in [6.45, 7) is 0.234. The Morgan fingerprint density at radius 3 is 3.09 bits per heavy atom. The van der Waals surface area contributed by atoms with E-state index < -0.39 is 0 Å². The zero-order valence-electron chi connectivity index (χ0n) is 11.6. The fourth-order valence-corrected chi connectivity index (χ4v) is 2.43. The number of fused-ring (bicyclic) bond motifs is 1. The van der Waals surface area contributed by atoms with Gasteiger partial charge in [0.05, 0.1) is 17.0 Å². The summed E-state index contributed by atoms with van der Waals surface area (Å²) in [6, 6.07) is 11.0. The van der Waals surface area contributed by atoms with Crippen molar-refractivity contribution in [2.75, 3.05) is 12.5 Å². The van der Waals surface area contributed by atoms with E-state index in [1.165, 1.54) is 11.8 Å². The third-order valence-corrected chi connectivity index (χ3v) is 3.73. The molecule has 22 heavy (non-hydrogen) atoms. The highest BCUT2D eigenvalue weighted by molar-refractivity contribution is 7.99. The van der Waals surface area contributed by atoms with Crippen molar-refractivity contribution in [2.45, 2.75) is 5.03 Å². The quantitative estimate of drug-likeness (QED) is 0.519. The molecule has 1 aliphatic heterocycles. The second-order valence-corrected chi connectivity index (χ2v) is 5.36. The van der Waals surface area contributed by atoms with Gasteiger partial charge in [-0.15, -0.1) is 0 Å². The minimum Gasteiger partial charge on any atom is -0.454 e. The first-order valence-corrected chi connectivity index (χ1v) is 7.55. The van der Waals surface area contributed by atoms with E-state index in [1.807, 2.05) is 30.3 Å². The number of aromatic nitrogens is 1. The lowest BCUT2D eigenvalue weighted by atomic mass is 10.2. The number of nitrogens with one attached hydrogen (secondary N) is 1. The van der Waals surface area contributed by atoms with Gasteiger partial charge in [-0.05, 0) is 35.9 Å². The number of hydrogen-bond acceptors (Lipinski definition) is 6. The molecule has 0 saturated carbocycles. The molecule has 6 nitrogen and oxygen atoms in total. The summed E-state index contributed by atoms with van der Waals surface area (Å²) in [6.07, 6.45) is 3.25. The van der Waals surface area contributed by atoms with Crippen molar-refractivity contribution >= 4 is 23.9 Å². The Hall–Kier alpha value is -2.54. The number of hydrazone groups is 1. The van der Waals surface area contributed by atoms with Crippen LogP contribution in [0.1, 0.15) is 5.56 Å². The molecular weight excluding hydrogens is 302 g/mol. The van der Waals surface area contributed by atoms with Crippen LogP contribution in [-0.4, -0.2) is 29.7 Å². The number of rotatable bonds is 5. The van der Waals surface area contributed by atoms with Gasteiger partial charge in [-0.25, -0.2) is 10.4 Å². The smallest absolute Gasteiger partial charge is 0.250 e. The molecule has 1 aromatic carbocycles. The molecular formula is C15H13N3O3S. The SMILES string of the molecule is O=C(CSc1ccccn1)NN=Cc1ccc2c(c1)OCO2. The van der Waals surface area contributed by atoms with Crippen LogP contribution in [0.4, 0.5) is 0 Å². The highest BCUT2D eigenvalue weighted by Gasteiger charge is 2.12. The predicted molar refractivity (Wildman–Crippen MR) is 83.3 cm³/mol. The lowest BCUT2D eigenvalue weighted by Gasteiger charge is -2.00. The van der Waals surface area contributed by atoms with Crippen LogP contribution >= 0.6 is 11.8 Å². The minimum absolute atomic E-state index is 0.187. The molecule has 7 heteroatoms. The largest absolute Gasteiger partial charge is 0.454 e. The molecule has 0 saturated heterocycles. The lowest BCUT2D eigenvalue weighted by Crippen LogP contribution is -2.19. The third-order valence-electron chi connectivity index (χ3n) is 2.79. The summed E-state index contributed by atoms with van der Waals surface area (Å²) in [4.78, 5) is 15.8. The van der Waals surface area contributed by atoms with E-state index in [9.17, 15) is 4.79 Å². The summed E-state index contributed by atoms with van der Waals surface area (Å²) >= 11 is 1.36. The average Bonchev–Trinajstić information content (AvgIpc) is 3.02. The van der Waals surface area contributed by atoms with E-state index >= 15 is 0 Å². The molecule has 112 valence electrons. The van der Waals surface area contributed by atoms with Crippen molar-refractivity contribution in [1.29, 1.82) is 0 Å². The average molecular weight is 315 g/mol. The van der Waals surface area contributed by atoms with E-state index in [4.69, 9.17) is 9.47 Å². The van der Waals surface area contributed by atoms with E-state index in [2.05, 4.69) is 15.5 Å². The molecule has 0 bridgehead atoms. The summed E-state index contributed by atoms with van der Waals surface area (Å²) in [5.74, 6) is 1.47. The molecule has 0 radical (unpaired) electrons. The zero-order chi connectivity index (χ0) is 15.2. The maximum absolute atomic E-state index is 11.7. The van der Waals surface area contributed by atoms with Crippen LogP contribution in [0, 0.1) is 0 Å². The lowest BCUT2D eigenvalue weighted by molar-refractivity contribution is -0.118. The molecule has 2 heterocycles. The number of thioether (sulfide) groups is 1. The standard InChI is InChI=1S/C15H13N3O3S/c19-14(9-22-15-3-1-2-6-16-15)18-17-8-11-4-5-12-13(7-11)21-10-20-12/h1-8H,9-10H2,(H,18,19). The van der Waals surface area contributed by atoms with Crippen LogP contribution in [0.5, 0.6) is 11.5 Å². The highest BCUT2D eigenvalue weighted by atomic mass is 32.2. The summed E-state index contributed by atoms with van der Waals surface area (Å²) in [5, 5.41) is 4.73. The van der Waals surface area contributed by atoms with E-state index in [0.29, 0.717) is 11.5 Å². The van der Waals surface area contributed by atoms with Gasteiger partial charge in [0, 0.05) is 6.20 Å². The molecule has 0 unspecified atom stereocenters. The van der Waals surface area contributed by atoms with Gasteiger partial charge in [-0.1, -0.05) is 17.8 Å². The molecule has 3 rings (SSSR count). The Kier molecular flexibility index (Phi) is 4.55. The van der Waals surface area contributed by atoms with Gasteiger partial charge in [-0.3, -0.25) is 4.79 Å². The molecule has 0 aliphatic carbocycles. The van der Waals surface area contributed by atoms with Crippen molar-refractivity contribution < 1.29 is 14.3 Å². The Balaban J connectivity index is 1.48. The Labute approximate surface area is 131 Å². The molecule has 2 aromatic rings. The Bertz CT molecular complexity index is 692. The van der Waals surface area contributed by atoms with E-state index in [-0.39, 0.29) is 18.5 Å². The normalized spacial score (nSPS) is 12.5. The van der Waals surface area contributed by atoms with Crippen LogP contribution in [0.25, 0.3) is 0 Å². The van der Waals surface area contributed by atoms with Crippen LogP contribution in [0.15, 0.2) is 52.7 Å². The van der Waals surface area contributed by atoms with Crippen LogP contribution in [0.2, 0.25) is 0 Å². The molecule has 0 fully saturated rings. The monoisotopic (exact) mass is 315 g/mol. The number of pyridine rings is 1. The predicted octanol–water partition coefficient (Wildman–Crippen LogP) is 2.05. The summed E-state index contributed by atoms with van der Waals surface area (Å²) in [7, 11) is 0. The molecule has 1 aromatic heterocycles. The van der Waals surface area contributed by atoms with Gasteiger partial charge < -0.3 is 9.47 Å². The maximum Gasteiger partial charge on any atom is 0.250 e. The van der Waals surface area contributed by atoms with Gasteiger partial charge in [0.1, 0.15) is 0 Å². The number of carbonyl (C=O) groups is 1. The van der Waals surface area contributed by atoms with E-state index in [1.54, 1.807) is 18.5 Å². The second-order valence-electron chi connectivity index (χ2n) is 4.36. The fraction of sp³-hybridized carbons (Fsp3) is 0.133. The molecule has 1 N–H and O–H groups in total. The molecule has 0 spiro atoms. The number of nitrogens with zero attached hydrogens (tertiary/aromatic N) is 2. The van der Waals surface area contributed by atoms with E-state index in [0.717, 1.165) is 10.6 Å². The Morgan fingerprint density at radius 2 is 2.23 bits per heavy atom. The third kappa shape index (κ3) is 3.76. The van der Waals surface area contributed by atoms with Gasteiger partial charge in [0.2, 0.25) is 12.7 Å². The number of ether oxygens (including phenoxy) is 2. The van der Waals surface area contributed by atoms with Crippen molar-refractivity contribution in [3.63, 3.8) is 0 Å². The first kappa shape index (κ1) is 14.4. The summed E-state index contributed by atoms with van der Waals surface area (Å²) < 4.78 is 10.5. The second kappa shape index (κ2) is 6.95. The van der Waals surface area contributed by atoms with Crippen molar-refractivity contribution in [2.24, 2.45) is 5.10 Å². The molecule has 0 atom stereocenters. The summed E-state index contributed by atoms with van der Waals surface area (Å²) in [5.41, 5.74) is 3.30. The highest BCUT2D eigenvalue weighted by Crippen LogP contribution is 2.31. The number of carbonyl (C=O) groups excluding carboxylic acids is 1. The molecule has 1 amide bonds. The van der Waals surface area contributed by atoms with Crippen LogP contribution in [0.3, 0.4) is 0 Å². The van der Waals surface area contributed by atoms with Gasteiger partial charge >= 0.3 is 0 Å². The first-order chi connectivity index (χ1) is 10.8. The maximum atomic E-state index is 11.7. The molecule has 1 aliphatic rings. The van der Waals surface area contributed by atoms with Crippen molar-refractivity contribution in [3.05, 3.63) is 48.2 Å². The number of amides is 1. The fourth-order valence-electron chi connectivity index (χ4n) is 1.78. The van der Waals surface area contributed by atoms with Gasteiger partial charge in [0.15, 0.2) is 11.5 Å². The van der Waals surface area contributed by atoms with Crippen LogP contribution in [-0.2, 0) is 4.79 Å². The number of hydrogen-bond donors (Lipinski definition) is 1. The number of benzene rings is 1. The Morgan fingerprint density at radius 1 is 1.32 bits per heavy atom. The zero-order valence-corrected chi connectivity index (χ0v) is 12.4. The van der Waals surface area contributed by atoms with Crippen molar-refractivity contribution in [3.8, 4) is 11.5 Å². The van der Waals surface area contributed by atoms with Gasteiger partial charge in [0.25, 0.3) is 0 Å². The van der Waals surface area contributed by atoms with Crippen LogP contribution < -0.4 is 14.9 Å². The first-order valence-electron chi connectivity index (χ1n) is 6.57. The topological polar surface area (TPSA) is 72.8 Å². The van der Waals surface area contributed by atoms with Crippen molar-refractivity contribution in [1.82, 2.24) is 10.4 Å².